The highest BCUT2D eigenvalue weighted by atomic mass is 32.2. The molecule has 22 heavy (non-hydrogen) atoms. The number of ether oxygens (including phenoxy) is 1. The van der Waals surface area contributed by atoms with Crippen LogP contribution in [0.25, 0.3) is 0 Å². The number of aryl methyl sites for hydroxylation is 1. The van der Waals surface area contributed by atoms with E-state index in [4.69, 9.17) is 0 Å². The van der Waals surface area contributed by atoms with Crippen LogP contribution in [0, 0.1) is 6.92 Å². The maximum absolute atomic E-state index is 12.3. The lowest BCUT2D eigenvalue weighted by Gasteiger charge is -2.11. The predicted molar refractivity (Wildman–Crippen MR) is 81.4 cm³/mol. The third kappa shape index (κ3) is 5.00. The number of hydrogen-bond donors (Lipinski definition) is 1. The number of hydrogen-bond acceptors (Lipinski definition) is 4. The van der Waals surface area contributed by atoms with Gasteiger partial charge in [-0.15, -0.1) is 0 Å². The quantitative estimate of drug-likeness (QED) is 0.823. The zero-order valence-corrected chi connectivity index (χ0v) is 12.6. The van der Waals surface area contributed by atoms with Crippen molar-refractivity contribution in [1.82, 2.24) is 4.98 Å². The van der Waals surface area contributed by atoms with Gasteiger partial charge in [0.15, 0.2) is 0 Å². The summed E-state index contributed by atoms with van der Waals surface area (Å²) in [6.07, 6.45) is 1.71. The number of pyridine rings is 1. The largest absolute Gasteiger partial charge is 0.433 e. The average Bonchev–Trinajstić information content (AvgIpc) is 2.48. The minimum Gasteiger partial charge on any atom is -0.433 e. The zero-order chi connectivity index (χ0) is 15.9. The summed E-state index contributed by atoms with van der Waals surface area (Å²) >= 11 is 1.26. The minimum atomic E-state index is -2.94. The first-order chi connectivity index (χ1) is 10.5. The van der Waals surface area contributed by atoms with Gasteiger partial charge >= 0.3 is 6.61 Å². The molecule has 1 aromatic heterocycles. The second-order valence-electron chi connectivity index (χ2n) is 4.39. The van der Waals surface area contributed by atoms with Crippen LogP contribution in [0.15, 0.2) is 47.6 Å². The first kappa shape index (κ1) is 16.2. The standard InChI is InChI=1S/C15H14F2N2O2S/c1-10-6-7-14(18-8-10)22-9-13(20)19-11-4-2-3-5-12(11)21-15(16)17/h2-8,15H,9H2,1H3,(H,19,20). The van der Waals surface area contributed by atoms with Gasteiger partial charge in [-0.1, -0.05) is 30.0 Å². The number of para-hydroxylation sites is 2. The summed E-state index contributed by atoms with van der Waals surface area (Å²) in [5.41, 5.74) is 1.25. The Labute approximate surface area is 130 Å². The van der Waals surface area contributed by atoms with Crippen LogP contribution in [0.2, 0.25) is 0 Å². The molecule has 0 saturated carbocycles. The van der Waals surface area contributed by atoms with Crippen molar-refractivity contribution in [3.8, 4) is 5.75 Å². The van der Waals surface area contributed by atoms with Gasteiger partial charge in [-0.05, 0) is 30.7 Å². The molecule has 0 atom stereocenters. The molecule has 0 bridgehead atoms. The Morgan fingerprint density at radius 3 is 2.77 bits per heavy atom. The van der Waals surface area contributed by atoms with Crippen LogP contribution in [-0.4, -0.2) is 23.3 Å². The van der Waals surface area contributed by atoms with Gasteiger partial charge in [0.1, 0.15) is 5.75 Å². The maximum atomic E-state index is 12.3. The Morgan fingerprint density at radius 2 is 2.09 bits per heavy atom. The zero-order valence-electron chi connectivity index (χ0n) is 11.8. The van der Waals surface area contributed by atoms with E-state index in [0.717, 1.165) is 10.6 Å². The summed E-state index contributed by atoms with van der Waals surface area (Å²) in [7, 11) is 0. The molecule has 7 heteroatoms. The summed E-state index contributed by atoms with van der Waals surface area (Å²) in [5.74, 6) is -0.263. The highest BCUT2D eigenvalue weighted by Gasteiger charge is 2.11. The second kappa shape index (κ2) is 7.74. The molecule has 0 fully saturated rings. The third-order valence-electron chi connectivity index (χ3n) is 2.61. The first-order valence-corrected chi connectivity index (χ1v) is 7.42. The van der Waals surface area contributed by atoms with Crippen LogP contribution in [0.3, 0.4) is 0 Å². The van der Waals surface area contributed by atoms with Crippen molar-refractivity contribution >= 4 is 23.4 Å². The van der Waals surface area contributed by atoms with Gasteiger partial charge in [0.05, 0.1) is 16.5 Å². The van der Waals surface area contributed by atoms with Crippen molar-refractivity contribution in [2.45, 2.75) is 18.6 Å². The van der Waals surface area contributed by atoms with Gasteiger partial charge in [-0.3, -0.25) is 4.79 Å². The van der Waals surface area contributed by atoms with E-state index < -0.39 is 6.61 Å². The molecule has 0 aliphatic carbocycles. The maximum Gasteiger partial charge on any atom is 0.387 e. The lowest BCUT2D eigenvalue weighted by molar-refractivity contribution is -0.113. The van der Waals surface area contributed by atoms with E-state index in [2.05, 4.69) is 15.0 Å². The molecule has 1 heterocycles. The number of aromatic nitrogens is 1. The Hall–Kier alpha value is -2.15. The lowest BCUT2D eigenvalue weighted by atomic mass is 10.3. The summed E-state index contributed by atoms with van der Waals surface area (Å²) in [5, 5.41) is 3.27. The molecule has 4 nitrogen and oxygen atoms in total. The molecule has 1 amide bonds. The van der Waals surface area contributed by atoms with Crippen molar-refractivity contribution in [2.75, 3.05) is 11.1 Å². The first-order valence-electron chi connectivity index (χ1n) is 6.44. The summed E-state index contributed by atoms with van der Waals surface area (Å²) in [6, 6.07) is 9.78. The summed E-state index contributed by atoms with van der Waals surface area (Å²) in [4.78, 5) is 16.1. The number of anilines is 1. The minimum absolute atomic E-state index is 0.0655. The van der Waals surface area contributed by atoms with Gasteiger partial charge in [-0.25, -0.2) is 4.98 Å². The van der Waals surface area contributed by atoms with E-state index in [1.807, 2.05) is 19.1 Å². The van der Waals surface area contributed by atoms with Gasteiger partial charge < -0.3 is 10.1 Å². The number of thioether (sulfide) groups is 1. The van der Waals surface area contributed by atoms with Crippen LogP contribution in [0.1, 0.15) is 5.56 Å². The lowest BCUT2D eigenvalue weighted by Crippen LogP contribution is -2.15. The average molecular weight is 324 g/mol. The SMILES string of the molecule is Cc1ccc(SCC(=O)Nc2ccccc2OC(F)F)nc1. The molecule has 0 radical (unpaired) electrons. The number of benzene rings is 1. The number of nitrogens with zero attached hydrogens (tertiary/aromatic N) is 1. The summed E-state index contributed by atoms with van der Waals surface area (Å²) < 4.78 is 28.9. The molecule has 0 aliphatic rings. The highest BCUT2D eigenvalue weighted by molar-refractivity contribution is 7.99. The normalized spacial score (nSPS) is 10.5. The van der Waals surface area contributed by atoms with Crippen molar-refractivity contribution in [3.63, 3.8) is 0 Å². The number of rotatable bonds is 6. The number of nitrogens with one attached hydrogen (secondary N) is 1. The Morgan fingerprint density at radius 1 is 1.32 bits per heavy atom. The van der Waals surface area contributed by atoms with Crippen molar-refractivity contribution in [2.24, 2.45) is 0 Å². The fraction of sp³-hybridized carbons (Fsp3) is 0.200. The Bertz CT molecular complexity index is 636. The molecule has 1 aromatic carbocycles. The molecule has 0 saturated heterocycles. The molecular formula is C15H14F2N2O2S. The second-order valence-corrected chi connectivity index (χ2v) is 5.38. The van der Waals surface area contributed by atoms with E-state index in [0.29, 0.717) is 0 Å². The molecule has 2 aromatic rings. The molecule has 116 valence electrons. The van der Waals surface area contributed by atoms with E-state index in [9.17, 15) is 13.6 Å². The fourth-order valence-corrected chi connectivity index (χ4v) is 2.28. The highest BCUT2D eigenvalue weighted by Crippen LogP contribution is 2.26. The van der Waals surface area contributed by atoms with Crippen molar-refractivity contribution in [1.29, 1.82) is 0 Å². The van der Waals surface area contributed by atoms with E-state index in [1.54, 1.807) is 18.3 Å². The van der Waals surface area contributed by atoms with Crippen LogP contribution < -0.4 is 10.1 Å². The van der Waals surface area contributed by atoms with E-state index >= 15 is 0 Å². The Kier molecular flexibility index (Phi) is 5.71. The molecule has 2 rings (SSSR count). The predicted octanol–water partition coefficient (Wildman–Crippen LogP) is 3.72. The molecular weight excluding hydrogens is 310 g/mol. The summed E-state index contributed by atoms with van der Waals surface area (Å²) in [6.45, 7) is -1.02. The number of carbonyl (C=O) groups excluding carboxylic acids is 1. The van der Waals surface area contributed by atoms with Crippen molar-refractivity contribution in [3.05, 3.63) is 48.2 Å². The third-order valence-corrected chi connectivity index (χ3v) is 3.56. The van der Waals surface area contributed by atoms with Crippen LogP contribution in [-0.2, 0) is 4.79 Å². The van der Waals surface area contributed by atoms with Gasteiger partial charge in [0.2, 0.25) is 5.91 Å². The molecule has 0 spiro atoms. The van der Waals surface area contributed by atoms with E-state index in [1.165, 1.54) is 23.9 Å². The molecule has 0 aliphatic heterocycles. The van der Waals surface area contributed by atoms with Gasteiger partial charge in [0, 0.05) is 6.20 Å². The van der Waals surface area contributed by atoms with Crippen LogP contribution >= 0.6 is 11.8 Å². The van der Waals surface area contributed by atoms with Crippen molar-refractivity contribution < 1.29 is 18.3 Å². The topological polar surface area (TPSA) is 51.2 Å². The monoisotopic (exact) mass is 324 g/mol. The fourth-order valence-electron chi connectivity index (χ4n) is 1.63. The van der Waals surface area contributed by atoms with Crippen LogP contribution in [0.5, 0.6) is 5.75 Å². The van der Waals surface area contributed by atoms with E-state index in [-0.39, 0.29) is 23.1 Å². The number of alkyl halides is 2. The molecule has 0 unspecified atom stereocenters. The van der Waals surface area contributed by atoms with Gasteiger partial charge in [-0.2, -0.15) is 8.78 Å². The molecule has 1 N–H and O–H groups in total. The number of halogens is 2. The van der Waals surface area contributed by atoms with Crippen LogP contribution in [0.4, 0.5) is 14.5 Å². The van der Waals surface area contributed by atoms with Gasteiger partial charge in [0.25, 0.3) is 0 Å². The Balaban J connectivity index is 1.93. The number of amides is 1. The smallest absolute Gasteiger partial charge is 0.387 e. The number of carbonyl (C=O) groups is 1.